The van der Waals surface area contributed by atoms with E-state index in [0.717, 1.165) is 33.5 Å². The fraction of sp³-hybridized carbons (Fsp3) is 0.125. The van der Waals surface area contributed by atoms with E-state index in [9.17, 15) is 13.6 Å². The number of benzene rings is 2. The molecule has 2 aromatic carbocycles. The van der Waals surface area contributed by atoms with E-state index in [4.69, 9.17) is 0 Å². The molecule has 0 bridgehead atoms. The van der Waals surface area contributed by atoms with Crippen LogP contribution in [-0.2, 0) is 10.5 Å². The van der Waals surface area contributed by atoms with Crippen molar-refractivity contribution in [3.05, 3.63) is 59.7 Å². The number of hydrogen-bond acceptors (Lipinski definition) is 4. The Labute approximate surface area is 140 Å². The average Bonchev–Trinajstić information content (AvgIpc) is 2.56. The maximum Gasteiger partial charge on any atom is 0.234 e. The van der Waals surface area contributed by atoms with Crippen LogP contribution in [0.4, 0.5) is 20.2 Å². The topological polar surface area (TPSA) is 41.5 Å². The second-order valence-electron chi connectivity index (χ2n) is 4.73. The Balaban J connectivity index is 1.61. The molecule has 1 aliphatic rings. The molecule has 1 aliphatic heterocycles. The minimum absolute atomic E-state index is 0.0434. The van der Waals surface area contributed by atoms with Crippen molar-refractivity contribution in [1.29, 1.82) is 0 Å². The van der Waals surface area contributed by atoms with Gasteiger partial charge >= 0.3 is 0 Å². The van der Waals surface area contributed by atoms with Crippen molar-refractivity contribution >= 4 is 45.2 Å². The normalized spacial score (nSPS) is 13.2. The Hall–Kier alpha value is -1.86. The highest BCUT2D eigenvalue weighted by Gasteiger charge is 2.16. The molecule has 0 radical (unpaired) electrons. The highest BCUT2D eigenvalue weighted by molar-refractivity contribution is 8.38. The van der Waals surface area contributed by atoms with E-state index in [2.05, 4.69) is 10.3 Å². The molecular weight excluding hydrogens is 338 g/mol. The first-order valence-corrected chi connectivity index (χ1v) is 8.76. The number of nitrogens with zero attached hydrogens (tertiary/aromatic N) is 1. The molecular formula is C16H12F2N2OS2. The molecule has 0 saturated heterocycles. The second-order valence-corrected chi connectivity index (χ2v) is 6.92. The van der Waals surface area contributed by atoms with Crippen molar-refractivity contribution in [2.24, 2.45) is 4.99 Å². The van der Waals surface area contributed by atoms with Crippen molar-refractivity contribution in [2.45, 2.75) is 5.75 Å². The summed E-state index contributed by atoms with van der Waals surface area (Å²) in [5, 5.41) is 2.26. The molecule has 3 rings (SSSR count). The standard InChI is InChI=1S/C16H12F2N2OS2/c17-11-5-3-6-12(18)15(11)20-14(21)9-23-16-19-13-7-2-1-4-10(13)8-22-16/h1-7H,8-9H2,(H,20,21). The number of thioether (sulfide) groups is 2. The zero-order chi connectivity index (χ0) is 16.2. The number of para-hydroxylation sites is 2. The number of aliphatic imine (C=N–C) groups is 1. The van der Waals surface area contributed by atoms with Crippen molar-refractivity contribution < 1.29 is 13.6 Å². The molecule has 1 heterocycles. The molecule has 23 heavy (non-hydrogen) atoms. The molecule has 0 saturated carbocycles. The van der Waals surface area contributed by atoms with Crippen LogP contribution in [0.25, 0.3) is 0 Å². The number of halogens is 2. The predicted octanol–water partition coefficient (Wildman–Crippen LogP) is 4.57. The Morgan fingerprint density at radius 3 is 2.70 bits per heavy atom. The smallest absolute Gasteiger partial charge is 0.234 e. The quantitative estimate of drug-likeness (QED) is 0.881. The third kappa shape index (κ3) is 3.92. The molecule has 0 aliphatic carbocycles. The molecule has 0 atom stereocenters. The molecule has 0 aromatic heterocycles. The Morgan fingerprint density at radius 1 is 1.17 bits per heavy atom. The number of hydrogen-bond donors (Lipinski definition) is 1. The van der Waals surface area contributed by atoms with Crippen molar-refractivity contribution in [3.8, 4) is 0 Å². The van der Waals surface area contributed by atoms with E-state index in [1.54, 1.807) is 11.8 Å². The SMILES string of the molecule is O=C(CSC1=Nc2ccccc2CS1)Nc1c(F)cccc1F. The van der Waals surface area contributed by atoms with Gasteiger partial charge in [-0.25, -0.2) is 13.8 Å². The summed E-state index contributed by atoms with van der Waals surface area (Å²) in [6, 6.07) is 11.3. The third-order valence-corrected chi connectivity index (χ3v) is 5.35. The predicted molar refractivity (Wildman–Crippen MR) is 92.3 cm³/mol. The summed E-state index contributed by atoms with van der Waals surface area (Å²) in [5.41, 5.74) is 1.63. The first kappa shape index (κ1) is 16.0. The van der Waals surface area contributed by atoms with Crippen LogP contribution < -0.4 is 5.32 Å². The second kappa shape index (κ2) is 7.14. The van der Waals surface area contributed by atoms with Gasteiger partial charge in [-0.1, -0.05) is 47.8 Å². The lowest BCUT2D eigenvalue weighted by molar-refractivity contribution is -0.113. The van der Waals surface area contributed by atoms with Gasteiger partial charge in [-0.15, -0.1) is 0 Å². The lowest BCUT2D eigenvalue weighted by atomic mass is 10.2. The van der Waals surface area contributed by atoms with Gasteiger partial charge in [0, 0.05) is 5.75 Å². The van der Waals surface area contributed by atoms with Crippen LogP contribution in [0.15, 0.2) is 47.5 Å². The largest absolute Gasteiger partial charge is 0.320 e. The zero-order valence-corrected chi connectivity index (χ0v) is 13.5. The number of carbonyl (C=O) groups is 1. The van der Waals surface area contributed by atoms with Crippen molar-refractivity contribution in [2.75, 3.05) is 11.1 Å². The van der Waals surface area contributed by atoms with Crippen LogP contribution >= 0.6 is 23.5 Å². The minimum atomic E-state index is -0.790. The molecule has 2 aromatic rings. The first-order valence-electron chi connectivity index (χ1n) is 6.79. The fourth-order valence-corrected chi connectivity index (χ4v) is 3.87. The average molecular weight is 350 g/mol. The van der Waals surface area contributed by atoms with Gasteiger partial charge in [0.05, 0.1) is 11.4 Å². The van der Waals surface area contributed by atoms with Gasteiger partial charge in [-0.3, -0.25) is 4.79 Å². The van der Waals surface area contributed by atoms with E-state index < -0.39 is 23.2 Å². The summed E-state index contributed by atoms with van der Waals surface area (Å²) in [6.45, 7) is 0. The molecule has 1 amide bonds. The molecule has 118 valence electrons. The number of amides is 1. The summed E-state index contributed by atoms with van der Waals surface area (Å²) in [6.07, 6.45) is 0. The van der Waals surface area contributed by atoms with Crippen LogP contribution in [0.5, 0.6) is 0 Å². The third-order valence-electron chi connectivity index (χ3n) is 3.11. The zero-order valence-electron chi connectivity index (χ0n) is 11.9. The van der Waals surface area contributed by atoms with Crippen molar-refractivity contribution in [3.63, 3.8) is 0 Å². The summed E-state index contributed by atoms with van der Waals surface area (Å²) >= 11 is 2.80. The van der Waals surface area contributed by atoms with Crippen LogP contribution in [0.1, 0.15) is 5.56 Å². The molecule has 0 fully saturated rings. The van der Waals surface area contributed by atoms with Gasteiger partial charge in [0.25, 0.3) is 0 Å². The van der Waals surface area contributed by atoms with Crippen LogP contribution in [0.2, 0.25) is 0 Å². The van der Waals surface area contributed by atoms with E-state index in [1.807, 2.05) is 24.3 Å². The summed E-state index contributed by atoms with van der Waals surface area (Å²) < 4.78 is 27.7. The fourth-order valence-electron chi connectivity index (χ4n) is 2.01. The summed E-state index contributed by atoms with van der Waals surface area (Å²) in [5.74, 6) is -1.21. The van der Waals surface area contributed by atoms with E-state index in [0.29, 0.717) is 0 Å². The lowest BCUT2D eigenvalue weighted by Crippen LogP contribution is -2.17. The highest BCUT2D eigenvalue weighted by atomic mass is 32.2. The number of anilines is 1. The van der Waals surface area contributed by atoms with Crippen molar-refractivity contribution in [1.82, 2.24) is 0 Å². The van der Waals surface area contributed by atoms with Gasteiger partial charge in [0.2, 0.25) is 5.91 Å². The molecule has 0 spiro atoms. The van der Waals surface area contributed by atoms with Gasteiger partial charge in [0.1, 0.15) is 21.7 Å². The first-order chi connectivity index (χ1) is 11.1. The minimum Gasteiger partial charge on any atom is -0.320 e. The summed E-state index contributed by atoms with van der Waals surface area (Å²) in [7, 11) is 0. The van der Waals surface area contributed by atoms with Crippen LogP contribution in [0.3, 0.4) is 0 Å². The van der Waals surface area contributed by atoms with Crippen LogP contribution in [0, 0.1) is 11.6 Å². The molecule has 0 unspecified atom stereocenters. The van der Waals surface area contributed by atoms with Gasteiger partial charge < -0.3 is 5.32 Å². The Kier molecular flexibility index (Phi) is 4.97. The number of fused-ring (bicyclic) bond motifs is 1. The Bertz CT molecular complexity index is 760. The molecule has 7 heteroatoms. The van der Waals surface area contributed by atoms with Gasteiger partial charge in [-0.05, 0) is 23.8 Å². The van der Waals surface area contributed by atoms with E-state index in [1.165, 1.54) is 17.8 Å². The maximum atomic E-state index is 13.5. The lowest BCUT2D eigenvalue weighted by Gasteiger charge is -2.14. The highest BCUT2D eigenvalue weighted by Crippen LogP contribution is 2.34. The van der Waals surface area contributed by atoms with Crippen LogP contribution in [-0.4, -0.2) is 16.0 Å². The Morgan fingerprint density at radius 2 is 1.91 bits per heavy atom. The van der Waals surface area contributed by atoms with E-state index >= 15 is 0 Å². The molecule has 1 N–H and O–H groups in total. The number of rotatable bonds is 3. The summed E-state index contributed by atoms with van der Waals surface area (Å²) in [4.78, 5) is 16.3. The number of nitrogens with one attached hydrogen (secondary N) is 1. The number of carbonyl (C=O) groups excluding carboxylic acids is 1. The van der Waals surface area contributed by atoms with E-state index in [-0.39, 0.29) is 5.75 Å². The maximum absolute atomic E-state index is 13.5. The monoisotopic (exact) mass is 350 g/mol. The van der Waals surface area contributed by atoms with Gasteiger partial charge in [0.15, 0.2) is 0 Å². The van der Waals surface area contributed by atoms with Gasteiger partial charge in [-0.2, -0.15) is 0 Å². The molecule has 3 nitrogen and oxygen atoms in total.